The summed E-state index contributed by atoms with van der Waals surface area (Å²) in [5.41, 5.74) is 1.84. The monoisotopic (exact) mass is 430 g/mol. The molecule has 1 atom stereocenters. The Bertz CT molecular complexity index is 854. The van der Waals surface area contributed by atoms with E-state index in [1.54, 1.807) is 12.0 Å². The lowest BCUT2D eigenvalue weighted by molar-refractivity contribution is -0.141. The standard InChI is InChI=1S/C24H31ClN2O3/c1-5-22(24(29)26-17(2)3)27(16-18-9-8-11-20(15-18)30-4)23(28)14-13-19-10-6-7-12-21(19)25/h6-12,15,17,22H,5,13-14,16H2,1-4H3,(H,26,29)/t22-/m1/s1. The van der Waals surface area contributed by atoms with Crippen LogP contribution >= 0.6 is 11.6 Å². The van der Waals surface area contributed by atoms with Crippen LogP contribution in [0.25, 0.3) is 0 Å². The van der Waals surface area contributed by atoms with E-state index in [4.69, 9.17) is 16.3 Å². The number of hydrogen-bond acceptors (Lipinski definition) is 3. The summed E-state index contributed by atoms with van der Waals surface area (Å²) in [5, 5.41) is 3.59. The molecule has 0 aromatic heterocycles. The maximum absolute atomic E-state index is 13.2. The fourth-order valence-corrected chi connectivity index (χ4v) is 3.58. The lowest BCUT2D eigenvalue weighted by Crippen LogP contribution is -2.50. The summed E-state index contributed by atoms with van der Waals surface area (Å²) in [6.45, 7) is 6.08. The van der Waals surface area contributed by atoms with E-state index in [-0.39, 0.29) is 24.3 Å². The van der Waals surface area contributed by atoms with Gasteiger partial charge < -0.3 is 15.0 Å². The van der Waals surface area contributed by atoms with Crippen molar-refractivity contribution in [2.75, 3.05) is 7.11 Å². The van der Waals surface area contributed by atoms with Crippen molar-refractivity contribution in [3.8, 4) is 5.75 Å². The van der Waals surface area contributed by atoms with Crippen molar-refractivity contribution in [1.29, 1.82) is 0 Å². The summed E-state index contributed by atoms with van der Waals surface area (Å²) in [7, 11) is 1.61. The summed E-state index contributed by atoms with van der Waals surface area (Å²) in [6.07, 6.45) is 1.33. The number of amides is 2. The predicted octanol–water partition coefficient (Wildman–Crippen LogP) is 4.61. The van der Waals surface area contributed by atoms with E-state index in [0.29, 0.717) is 24.4 Å². The first-order valence-electron chi connectivity index (χ1n) is 10.3. The molecule has 0 heterocycles. The Morgan fingerprint density at radius 2 is 1.87 bits per heavy atom. The van der Waals surface area contributed by atoms with Crippen molar-refractivity contribution in [2.24, 2.45) is 0 Å². The van der Waals surface area contributed by atoms with E-state index in [9.17, 15) is 9.59 Å². The van der Waals surface area contributed by atoms with Gasteiger partial charge in [-0.05, 0) is 56.0 Å². The van der Waals surface area contributed by atoms with Crippen molar-refractivity contribution in [2.45, 2.75) is 58.7 Å². The van der Waals surface area contributed by atoms with Crippen LogP contribution in [0.5, 0.6) is 5.75 Å². The molecule has 30 heavy (non-hydrogen) atoms. The topological polar surface area (TPSA) is 58.6 Å². The predicted molar refractivity (Wildman–Crippen MR) is 121 cm³/mol. The zero-order valence-electron chi connectivity index (χ0n) is 18.2. The molecule has 2 aromatic carbocycles. The third-order valence-corrected chi connectivity index (χ3v) is 5.24. The van der Waals surface area contributed by atoms with E-state index >= 15 is 0 Å². The van der Waals surface area contributed by atoms with E-state index in [1.807, 2.05) is 69.3 Å². The van der Waals surface area contributed by atoms with Crippen molar-refractivity contribution in [3.63, 3.8) is 0 Å². The number of methoxy groups -OCH3 is 1. The number of aryl methyl sites for hydroxylation is 1. The first kappa shape index (κ1) is 23.7. The van der Waals surface area contributed by atoms with E-state index in [0.717, 1.165) is 16.9 Å². The van der Waals surface area contributed by atoms with Gasteiger partial charge in [-0.3, -0.25) is 9.59 Å². The third kappa shape index (κ3) is 6.77. The van der Waals surface area contributed by atoms with Gasteiger partial charge in [0.05, 0.1) is 7.11 Å². The van der Waals surface area contributed by atoms with Gasteiger partial charge in [-0.2, -0.15) is 0 Å². The Balaban J connectivity index is 2.24. The van der Waals surface area contributed by atoms with Crippen LogP contribution in [-0.4, -0.2) is 35.9 Å². The van der Waals surface area contributed by atoms with E-state index in [1.165, 1.54) is 0 Å². The Kier molecular flexibility index (Phi) is 9.18. The zero-order chi connectivity index (χ0) is 22.1. The lowest BCUT2D eigenvalue weighted by atomic mass is 10.1. The molecule has 0 bridgehead atoms. The molecule has 162 valence electrons. The number of carbonyl (C=O) groups excluding carboxylic acids is 2. The molecule has 0 saturated heterocycles. The van der Waals surface area contributed by atoms with Gasteiger partial charge in [0.2, 0.25) is 11.8 Å². The molecule has 0 spiro atoms. The Morgan fingerprint density at radius 3 is 2.50 bits per heavy atom. The van der Waals surface area contributed by atoms with Gasteiger partial charge in [-0.15, -0.1) is 0 Å². The number of rotatable bonds is 10. The van der Waals surface area contributed by atoms with E-state index < -0.39 is 6.04 Å². The molecule has 6 heteroatoms. The minimum absolute atomic E-state index is 0.00319. The Morgan fingerprint density at radius 1 is 1.13 bits per heavy atom. The molecule has 0 aliphatic rings. The third-order valence-electron chi connectivity index (χ3n) is 4.87. The summed E-state index contributed by atoms with van der Waals surface area (Å²) in [6, 6.07) is 14.5. The molecule has 1 N–H and O–H groups in total. The molecule has 0 aliphatic heterocycles. The number of halogens is 1. The minimum atomic E-state index is -0.544. The molecule has 2 amide bonds. The molecule has 2 rings (SSSR count). The molecule has 0 aliphatic carbocycles. The smallest absolute Gasteiger partial charge is 0.243 e. The van der Waals surface area contributed by atoms with E-state index in [2.05, 4.69) is 5.32 Å². The average Bonchev–Trinajstić information content (AvgIpc) is 2.72. The Labute approximate surface area is 184 Å². The van der Waals surface area contributed by atoms with Crippen LogP contribution in [0.2, 0.25) is 5.02 Å². The van der Waals surface area contributed by atoms with Gasteiger partial charge in [0.1, 0.15) is 11.8 Å². The molecule has 0 fully saturated rings. The number of ether oxygens (including phenoxy) is 1. The van der Waals surface area contributed by atoms with Crippen molar-refractivity contribution >= 4 is 23.4 Å². The van der Waals surface area contributed by atoms with Gasteiger partial charge in [0.25, 0.3) is 0 Å². The van der Waals surface area contributed by atoms with Crippen LogP contribution in [-0.2, 0) is 22.6 Å². The highest BCUT2D eigenvalue weighted by molar-refractivity contribution is 6.31. The molecule has 0 saturated carbocycles. The molecule has 0 radical (unpaired) electrons. The van der Waals surface area contributed by atoms with Crippen molar-refractivity contribution < 1.29 is 14.3 Å². The van der Waals surface area contributed by atoms with Gasteiger partial charge >= 0.3 is 0 Å². The quantitative estimate of drug-likeness (QED) is 0.598. The molecule has 2 aromatic rings. The van der Waals surface area contributed by atoms with Crippen LogP contribution in [0, 0.1) is 0 Å². The SMILES string of the molecule is CC[C@H](C(=O)NC(C)C)N(Cc1cccc(OC)c1)C(=O)CCc1ccccc1Cl. The van der Waals surface area contributed by atoms with Crippen molar-refractivity contribution in [1.82, 2.24) is 10.2 Å². The lowest BCUT2D eigenvalue weighted by Gasteiger charge is -2.31. The first-order valence-corrected chi connectivity index (χ1v) is 10.7. The summed E-state index contributed by atoms with van der Waals surface area (Å²) in [4.78, 5) is 27.7. The second kappa shape index (κ2) is 11.6. The van der Waals surface area contributed by atoms with Gasteiger partial charge in [-0.1, -0.05) is 48.9 Å². The maximum Gasteiger partial charge on any atom is 0.243 e. The highest BCUT2D eigenvalue weighted by Crippen LogP contribution is 2.20. The molecule has 0 unspecified atom stereocenters. The second-order valence-corrected chi connectivity index (χ2v) is 7.96. The number of carbonyl (C=O) groups is 2. The molecule has 5 nitrogen and oxygen atoms in total. The average molecular weight is 431 g/mol. The minimum Gasteiger partial charge on any atom is -0.497 e. The van der Waals surface area contributed by atoms with Crippen LogP contribution in [0.3, 0.4) is 0 Å². The highest BCUT2D eigenvalue weighted by Gasteiger charge is 2.28. The van der Waals surface area contributed by atoms with Gasteiger partial charge in [0, 0.05) is 24.0 Å². The number of benzene rings is 2. The summed E-state index contributed by atoms with van der Waals surface area (Å²) in [5.74, 6) is 0.501. The first-order chi connectivity index (χ1) is 14.3. The summed E-state index contributed by atoms with van der Waals surface area (Å²) >= 11 is 6.25. The zero-order valence-corrected chi connectivity index (χ0v) is 18.9. The molecular weight excluding hydrogens is 400 g/mol. The van der Waals surface area contributed by atoms with Crippen LogP contribution in [0.1, 0.15) is 44.7 Å². The number of nitrogens with zero attached hydrogens (tertiary/aromatic N) is 1. The summed E-state index contributed by atoms with van der Waals surface area (Å²) < 4.78 is 5.30. The van der Waals surface area contributed by atoms with Crippen LogP contribution in [0.15, 0.2) is 48.5 Å². The maximum atomic E-state index is 13.2. The fraction of sp³-hybridized carbons (Fsp3) is 0.417. The van der Waals surface area contributed by atoms with Crippen molar-refractivity contribution in [3.05, 3.63) is 64.7 Å². The van der Waals surface area contributed by atoms with Gasteiger partial charge in [-0.25, -0.2) is 0 Å². The second-order valence-electron chi connectivity index (χ2n) is 7.55. The number of nitrogens with one attached hydrogen (secondary N) is 1. The van der Waals surface area contributed by atoms with Crippen LogP contribution in [0.4, 0.5) is 0 Å². The van der Waals surface area contributed by atoms with Crippen LogP contribution < -0.4 is 10.1 Å². The molecular formula is C24H31ClN2O3. The normalized spacial score (nSPS) is 11.8. The van der Waals surface area contributed by atoms with Gasteiger partial charge in [0.15, 0.2) is 0 Å². The fourth-order valence-electron chi connectivity index (χ4n) is 3.35. The number of hydrogen-bond donors (Lipinski definition) is 1. The highest BCUT2D eigenvalue weighted by atomic mass is 35.5. The Hall–Kier alpha value is -2.53. The largest absolute Gasteiger partial charge is 0.497 e.